The molecule has 1 aromatic carbocycles. The second-order valence-electron chi connectivity index (χ2n) is 6.50. The van der Waals surface area contributed by atoms with Crippen LogP contribution in [0.2, 0.25) is 5.02 Å². The largest absolute Gasteiger partial charge is 0.341 e. The highest BCUT2D eigenvalue weighted by Crippen LogP contribution is 2.17. The number of fused-ring (bicyclic) bond motifs is 1. The molecule has 28 heavy (non-hydrogen) atoms. The molecule has 0 N–H and O–H groups in total. The number of hydrogen-bond donors (Lipinski definition) is 0. The van der Waals surface area contributed by atoms with Crippen molar-refractivity contribution < 1.29 is 4.79 Å². The topological polar surface area (TPSA) is 64.3 Å². The molecule has 0 radical (unpaired) electrons. The smallest absolute Gasteiger partial charge is 0.336 e. The molecule has 0 aliphatic carbocycles. The summed E-state index contributed by atoms with van der Waals surface area (Å²) in [4.78, 5) is 40.7. The Labute approximate surface area is 171 Å². The van der Waals surface area contributed by atoms with Crippen molar-refractivity contribution in [2.24, 2.45) is 0 Å². The van der Waals surface area contributed by atoms with Crippen LogP contribution in [0.1, 0.15) is 26.7 Å². The van der Waals surface area contributed by atoms with Crippen molar-refractivity contribution in [1.29, 1.82) is 0 Å². The summed E-state index contributed by atoms with van der Waals surface area (Å²) < 4.78 is 2.94. The highest BCUT2D eigenvalue weighted by Gasteiger charge is 2.19. The number of aromatic nitrogens is 2. The first-order valence-electron chi connectivity index (χ1n) is 9.24. The summed E-state index contributed by atoms with van der Waals surface area (Å²) in [5, 5.41) is 2.27. The van der Waals surface area contributed by atoms with Gasteiger partial charge in [0.2, 0.25) is 5.91 Å². The molecule has 2 heterocycles. The summed E-state index contributed by atoms with van der Waals surface area (Å²) in [5.41, 5.74) is 0.000829. The minimum atomic E-state index is -0.528. The first-order valence-corrected chi connectivity index (χ1v) is 10.5. The Hall–Kier alpha value is -2.38. The van der Waals surface area contributed by atoms with Crippen molar-refractivity contribution in [3.63, 3.8) is 0 Å². The molecule has 0 bridgehead atoms. The van der Waals surface area contributed by atoms with E-state index in [1.807, 2.05) is 13.8 Å². The molecule has 0 aliphatic rings. The molecule has 0 fully saturated rings. The Kier molecular flexibility index (Phi) is 6.36. The van der Waals surface area contributed by atoms with Crippen LogP contribution in [-0.4, -0.2) is 33.0 Å². The third kappa shape index (κ3) is 3.91. The van der Waals surface area contributed by atoms with Crippen LogP contribution in [-0.2, 0) is 11.3 Å². The Morgan fingerprint density at radius 2 is 1.71 bits per heavy atom. The molecule has 6 nitrogen and oxygen atoms in total. The van der Waals surface area contributed by atoms with E-state index in [9.17, 15) is 14.4 Å². The molecule has 0 aliphatic heterocycles. The van der Waals surface area contributed by atoms with E-state index in [0.29, 0.717) is 34.0 Å². The molecule has 8 heteroatoms. The van der Waals surface area contributed by atoms with E-state index in [0.717, 1.165) is 17.4 Å². The zero-order chi connectivity index (χ0) is 20.3. The Morgan fingerprint density at radius 1 is 1.07 bits per heavy atom. The van der Waals surface area contributed by atoms with Gasteiger partial charge in [0.15, 0.2) is 0 Å². The fourth-order valence-corrected chi connectivity index (χ4v) is 4.14. The lowest BCUT2D eigenvalue weighted by Crippen LogP contribution is -2.42. The van der Waals surface area contributed by atoms with Gasteiger partial charge in [0.1, 0.15) is 11.2 Å². The Balaban J connectivity index is 2.13. The molecule has 1 amide bonds. The van der Waals surface area contributed by atoms with Crippen LogP contribution in [0.3, 0.4) is 0 Å². The average Bonchev–Trinajstić information content (AvgIpc) is 3.16. The number of rotatable bonds is 7. The van der Waals surface area contributed by atoms with Gasteiger partial charge in [0.25, 0.3) is 5.56 Å². The highest BCUT2D eigenvalue weighted by molar-refractivity contribution is 7.17. The van der Waals surface area contributed by atoms with Gasteiger partial charge in [0.05, 0.1) is 11.2 Å². The van der Waals surface area contributed by atoms with Crippen LogP contribution in [0.15, 0.2) is 45.3 Å². The van der Waals surface area contributed by atoms with Crippen molar-refractivity contribution in [3.05, 3.63) is 61.6 Å². The SMILES string of the molecule is CCCN(CCC)C(=O)Cn1c(=O)n(-c2ccc(Cl)cc2)c(=O)c2sccc21. The zero-order valence-electron chi connectivity index (χ0n) is 15.9. The van der Waals surface area contributed by atoms with Gasteiger partial charge in [-0.05, 0) is 48.6 Å². The molecule has 148 valence electrons. The summed E-state index contributed by atoms with van der Waals surface area (Å²) in [6.07, 6.45) is 1.69. The quantitative estimate of drug-likeness (QED) is 0.588. The second kappa shape index (κ2) is 8.75. The molecule has 3 aromatic rings. The third-order valence-corrected chi connectivity index (χ3v) is 5.62. The van der Waals surface area contributed by atoms with Crippen LogP contribution >= 0.6 is 22.9 Å². The fourth-order valence-electron chi connectivity index (χ4n) is 3.19. The van der Waals surface area contributed by atoms with Crippen LogP contribution in [0, 0.1) is 0 Å². The molecule has 0 atom stereocenters. The number of nitrogens with zero attached hydrogens (tertiary/aromatic N) is 3. The average molecular weight is 420 g/mol. The van der Waals surface area contributed by atoms with Crippen molar-refractivity contribution in [2.75, 3.05) is 13.1 Å². The van der Waals surface area contributed by atoms with Crippen molar-refractivity contribution >= 4 is 39.1 Å². The van der Waals surface area contributed by atoms with E-state index in [2.05, 4.69) is 0 Å². The number of benzene rings is 1. The normalized spacial score (nSPS) is 11.1. The van der Waals surface area contributed by atoms with Crippen LogP contribution in [0.5, 0.6) is 0 Å². The van der Waals surface area contributed by atoms with Crippen molar-refractivity contribution in [1.82, 2.24) is 14.0 Å². The van der Waals surface area contributed by atoms with E-state index < -0.39 is 5.69 Å². The van der Waals surface area contributed by atoms with Gasteiger partial charge >= 0.3 is 5.69 Å². The standard InChI is InChI=1S/C20H22ClN3O3S/c1-3-10-22(11-4-2)17(25)13-23-16-9-12-28-18(16)19(26)24(20(23)27)15-7-5-14(21)6-8-15/h5-9,12H,3-4,10-11,13H2,1-2H3. The van der Waals surface area contributed by atoms with E-state index >= 15 is 0 Å². The molecule has 3 rings (SSSR count). The minimum Gasteiger partial charge on any atom is -0.341 e. The Bertz CT molecular complexity index is 1090. The van der Waals surface area contributed by atoms with Gasteiger partial charge in [-0.3, -0.25) is 14.2 Å². The molecular weight excluding hydrogens is 398 g/mol. The Morgan fingerprint density at radius 3 is 2.32 bits per heavy atom. The lowest BCUT2D eigenvalue weighted by molar-refractivity contribution is -0.131. The molecule has 0 saturated heterocycles. The maximum absolute atomic E-state index is 13.2. The molecule has 0 unspecified atom stereocenters. The summed E-state index contributed by atoms with van der Waals surface area (Å²) in [6, 6.07) is 8.21. The van der Waals surface area contributed by atoms with Gasteiger partial charge < -0.3 is 4.90 Å². The van der Waals surface area contributed by atoms with E-state index in [4.69, 9.17) is 11.6 Å². The monoisotopic (exact) mass is 419 g/mol. The van der Waals surface area contributed by atoms with E-state index in [1.54, 1.807) is 40.6 Å². The summed E-state index contributed by atoms with van der Waals surface area (Å²) >= 11 is 7.19. The first kappa shape index (κ1) is 20.4. The zero-order valence-corrected chi connectivity index (χ0v) is 17.4. The maximum atomic E-state index is 13.2. The molecule has 0 saturated carbocycles. The lowest BCUT2D eigenvalue weighted by Gasteiger charge is -2.22. The van der Waals surface area contributed by atoms with Crippen LogP contribution in [0.25, 0.3) is 15.9 Å². The van der Waals surface area contributed by atoms with Gasteiger partial charge in [0, 0.05) is 18.1 Å². The minimum absolute atomic E-state index is 0.0973. The maximum Gasteiger partial charge on any atom is 0.336 e. The van der Waals surface area contributed by atoms with Gasteiger partial charge in [-0.25, -0.2) is 9.36 Å². The van der Waals surface area contributed by atoms with Crippen LogP contribution < -0.4 is 11.2 Å². The predicted octanol–water partition coefficient (Wildman–Crippen LogP) is 3.52. The summed E-state index contributed by atoms with van der Waals surface area (Å²) in [7, 11) is 0. The fraction of sp³-hybridized carbons (Fsp3) is 0.350. The van der Waals surface area contributed by atoms with E-state index in [-0.39, 0.29) is 18.0 Å². The molecule has 2 aromatic heterocycles. The van der Waals surface area contributed by atoms with Gasteiger partial charge in [-0.2, -0.15) is 0 Å². The lowest BCUT2D eigenvalue weighted by atomic mass is 10.3. The van der Waals surface area contributed by atoms with E-state index in [1.165, 1.54) is 15.9 Å². The number of thiophene rings is 1. The number of carbonyl (C=O) groups excluding carboxylic acids is 1. The molecule has 0 spiro atoms. The van der Waals surface area contributed by atoms with Crippen molar-refractivity contribution in [3.8, 4) is 5.69 Å². The highest BCUT2D eigenvalue weighted by atomic mass is 35.5. The second-order valence-corrected chi connectivity index (χ2v) is 7.85. The van der Waals surface area contributed by atoms with Gasteiger partial charge in [-0.1, -0.05) is 25.4 Å². The summed E-state index contributed by atoms with van der Waals surface area (Å²) in [5.74, 6) is -0.125. The third-order valence-electron chi connectivity index (χ3n) is 4.47. The number of halogens is 1. The van der Waals surface area contributed by atoms with Crippen molar-refractivity contribution in [2.45, 2.75) is 33.2 Å². The summed E-state index contributed by atoms with van der Waals surface area (Å²) in [6.45, 7) is 5.22. The predicted molar refractivity (Wildman–Crippen MR) is 114 cm³/mol. The number of amides is 1. The molecular formula is C20H22ClN3O3S. The van der Waals surface area contributed by atoms with Gasteiger partial charge in [-0.15, -0.1) is 11.3 Å². The number of hydrogen-bond acceptors (Lipinski definition) is 4. The first-order chi connectivity index (χ1) is 13.5. The van der Waals surface area contributed by atoms with Crippen LogP contribution in [0.4, 0.5) is 0 Å². The number of carbonyl (C=O) groups is 1.